The zero-order chi connectivity index (χ0) is 12.5. The molecule has 0 radical (unpaired) electrons. The summed E-state index contributed by atoms with van der Waals surface area (Å²) < 4.78 is 0. The smallest absolute Gasteiger partial charge is 0.135 e. The van der Waals surface area contributed by atoms with Gasteiger partial charge in [-0.1, -0.05) is 65.2 Å². The first-order valence-electron chi connectivity index (χ1n) is 7.73. The minimum absolute atomic E-state index is 0.313. The van der Waals surface area contributed by atoms with Gasteiger partial charge in [0, 0.05) is 12.3 Å². The van der Waals surface area contributed by atoms with Crippen LogP contribution in [0.25, 0.3) is 0 Å². The minimum Gasteiger partial charge on any atom is -0.299 e. The summed E-state index contributed by atoms with van der Waals surface area (Å²) in [5.41, 5.74) is 0. The Kier molecular flexibility index (Phi) is 7.55. The van der Waals surface area contributed by atoms with Crippen molar-refractivity contribution in [3.8, 4) is 0 Å². The first-order chi connectivity index (χ1) is 8.20. The molecule has 1 saturated carbocycles. The van der Waals surface area contributed by atoms with Crippen LogP contribution in [0, 0.1) is 11.8 Å². The van der Waals surface area contributed by atoms with Gasteiger partial charge in [0.2, 0.25) is 0 Å². The van der Waals surface area contributed by atoms with Crippen LogP contribution in [0.4, 0.5) is 0 Å². The van der Waals surface area contributed by atoms with Crippen LogP contribution in [-0.4, -0.2) is 5.78 Å². The number of rotatable bonds is 0. The molecule has 0 spiro atoms. The number of hydrogen-bond acceptors (Lipinski definition) is 1. The van der Waals surface area contributed by atoms with Gasteiger partial charge in [0.1, 0.15) is 5.78 Å². The molecule has 0 heterocycles. The molecule has 1 aliphatic carbocycles. The quantitative estimate of drug-likeness (QED) is 0.571. The fourth-order valence-corrected chi connectivity index (χ4v) is 2.82. The lowest BCUT2D eigenvalue weighted by atomic mass is 9.91. The Morgan fingerprint density at radius 2 is 1.29 bits per heavy atom. The summed E-state index contributed by atoms with van der Waals surface area (Å²) in [6.45, 7) is 4.51. The molecule has 0 aromatic heterocycles. The highest BCUT2D eigenvalue weighted by Gasteiger charge is 2.12. The van der Waals surface area contributed by atoms with Gasteiger partial charge in [-0.05, 0) is 18.8 Å². The number of carbonyl (C=O) groups is 1. The van der Waals surface area contributed by atoms with E-state index in [1.807, 2.05) is 0 Å². The molecular weight excluding hydrogens is 208 g/mol. The van der Waals surface area contributed by atoms with Crippen LogP contribution < -0.4 is 0 Å². The molecule has 0 aromatic rings. The van der Waals surface area contributed by atoms with Gasteiger partial charge >= 0.3 is 0 Å². The molecule has 0 amide bonds. The Morgan fingerprint density at radius 3 is 2.06 bits per heavy atom. The third kappa shape index (κ3) is 6.85. The van der Waals surface area contributed by atoms with Crippen molar-refractivity contribution in [1.29, 1.82) is 0 Å². The third-order valence-electron chi connectivity index (χ3n) is 4.25. The van der Waals surface area contributed by atoms with Crippen molar-refractivity contribution >= 4 is 5.78 Å². The molecule has 2 atom stereocenters. The molecule has 0 bridgehead atoms. The molecule has 1 rings (SSSR count). The molecule has 1 aliphatic rings. The van der Waals surface area contributed by atoms with E-state index in [9.17, 15) is 4.79 Å². The molecule has 0 N–H and O–H groups in total. The molecule has 0 aromatic carbocycles. The summed E-state index contributed by atoms with van der Waals surface area (Å²) in [6.07, 6.45) is 13.8. The van der Waals surface area contributed by atoms with Crippen LogP contribution in [0.15, 0.2) is 0 Å². The van der Waals surface area contributed by atoms with E-state index in [-0.39, 0.29) is 0 Å². The van der Waals surface area contributed by atoms with Crippen LogP contribution in [0.2, 0.25) is 0 Å². The second-order valence-corrected chi connectivity index (χ2v) is 6.06. The van der Waals surface area contributed by atoms with Gasteiger partial charge in [0.05, 0.1) is 0 Å². The number of hydrogen-bond donors (Lipinski definition) is 0. The molecule has 0 saturated heterocycles. The molecule has 17 heavy (non-hydrogen) atoms. The van der Waals surface area contributed by atoms with Gasteiger partial charge in [-0.3, -0.25) is 4.79 Å². The van der Waals surface area contributed by atoms with Gasteiger partial charge in [-0.25, -0.2) is 0 Å². The summed E-state index contributed by atoms with van der Waals surface area (Å²) in [5.74, 6) is 1.72. The summed E-state index contributed by atoms with van der Waals surface area (Å²) in [7, 11) is 0. The third-order valence-corrected chi connectivity index (χ3v) is 4.25. The monoisotopic (exact) mass is 238 g/mol. The number of carbonyl (C=O) groups excluding carboxylic acids is 1. The molecule has 2 unspecified atom stereocenters. The fraction of sp³-hybridized carbons (Fsp3) is 0.938. The zero-order valence-electron chi connectivity index (χ0n) is 11.8. The average Bonchev–Trinajstić information content (AvgIpc) is 2.32. The van der Waals surface area contributed by atoms with E-state index >= 15 is 0 Å². The predicted molar refractivity (Wildman–Crippen MR) is 74.1 cm³/mol. The van der Waals surface area contributed by atoms with E-state index in [1.165, 1.54) is 51.4 Å². The number of ketones is 1. The summed E-state index contributed by atoms with van der Waals surface area (Å²) in [6, 6.07) is 0. The van der Waals surface area contributed by atoms with Gasteiger partial charge < -0.3 is 0 Å². The van der Waals surface area contributed by atoms with Crippen LogP contribution >= 0.6 is 0 Å². The molecule has 1 nitrogen and oxygen atoms in total. The molecular formula is C16H30O. The molecule has 1 fully saturated rings. The van der Waals surface area contributed by atoms with E-state index in [1.54, 1.807) is 0 Å². The maximum Gasteiger partial charge on any atom is 0.135 e. The van der Waals surface area contributed by atoms with Gasteiger partial charge in [-0.15, -0.1) is 0 Å². The van der Waals surface area contributed by atoms with Crippen molar-refractivity contribution < 1.29 is 4.79 Å². The van der Waals surface area contributed by atoms with E-state index in [2.05, 4.69) is 13.8 Å². The molecule has 1 heteroatoms. The SMILES string of the molecule is CC1CCCCCCCC(=O)C(C)CCCC1. The Labute approximate surface area is 107 Å². The highest BCUT2D eigenvalue weighted by Crippen LogP contribution is 2.21. The van der Waals surface area contributed by atoms with Crippen LogP contribution in [-0.2, 0) is 4.79 Å². The highest BCUT2D eigenvalue weighted by molar-refractivity contribution is 5.80. The standard InChI is InChI=1S/C16H30O/c1-14-10-6-4-3-5-7-13-16(17)15(2)12-9-8-11-14/h14-15H,3-13H2,1-2H3. The van der Waals surface area contributed by atoms with Crippen molar-refractivity contribution in [1.82, 2.24) is 0 Å². The Bertz CT molecular complexity index is 210. The van der Waals surface area contributed by atoms with Gasteiger partial charge in [0.25, 0.3) is 0 Å². The molecule has 100 valence electrons. The van der Waals surface area contributed by atoms with E-state index in [0.717, 1.165) is 25.2 Å². The van der Waals surface area contributed by atoms with Crippen LogP contribution in [0.1, 0.15) is 84.5 Å². The Morgan fingerprint density at radius 1 is 0.765 bits per heavy atom. The lowest BCUT2D eigenvalue weighted by Crippen LogP contribution is -2.11. The van der Waals surface area contributed by atoms with Crippen LogP contribution in [0.5, 0.6) is 0 Å². The number of Topliss-reactive ketones (excluding diaryl/α,β-unsaturated/α-hetero) is 1. The van der Waals surface area contributed by atoms with Gasteiger partial charge in [-0.2, -0.15) is 0 Å². The second kappa shape index (κ2) is 8.72. The van der Waals surface area contributed by atoms with Crippen molar-refractivity contribution in [3.05, 3.63) is 0 Å². The summed E-state index contributed by atoms with van der Waals surface area (Å²) in [5, 5.41) is 0. The van der Waals surface area contributed by atoms with Crippen LogP contribution in [0.3, 0.4) is 0 Å². The van der Waals surface area contributed by atoms with Crippen molar-refractivity contribution in [3.63, 3.8) is 0 Å². The van der Waals surface area contributed by atoms with Crippen molar-refractivity contribution in [2.45, 2.75) is 84.5 Å². The van der Waals surface area contributed by atoms with Crippen molar-refractivity contribution in [2.75, 3.05) is 0 Å². The maximum absolute atomic E-state index is 11.8. The molecule has 0 aliphatic heterocycles. The lowest BCUT2D eigenvalue weighted by molar-refractivity contribution is -0.122. The lowest BCUT2D eigenvalue weighted by Gasteiger charge is -2.14. The normalized spacial score (nSPS) is 30.8. The second-order valence-electron chi connectivity index (χ2n) is 6.06. The van der Waals surface area contributed by atoms with Gasteiger partial charge in [0.15, 0.2) is 0 Å². The van der Waals surface area contributed by atoms with Crippen molar-refractivity contribution in [2.24, 2.45) is 11.8 Å². The summed E-state index contributed by atoms with van der Waals surface area (Å²) >= 11 is 0. The predicted octanol–water partition coefficient (Wildman–Crippen LogP) is 5.13. The average molecular weight is 238 g/mol. The topological polar surface area (TPSA) is 17.1 Å². The van der Waals surface area contributed by atoms with E-state index < -0.39 is 0 Å². The minimum atomic E-state index is 0.313. The first kappa shape index (κ1) is 14.7. The van der Waals surface area contributed by atoms with E-state index in [4.69, 9.17) is 0 Å². The maximum atomic E-state index is 11.8. The highest BCUT2D eigenvalue weighted by atomic mass is 16.1. The fourth-order valence-electron chi connectivity index (χ4n) is 2.82. The largest absolute Gasteiger partial charge is 0.299 e. The first-order valence-corrected chi connectivity index (χ1v) is 7.73. The summed E-state index contributed by atoms with van der Waals surface area (Å²) in [4.78, 5) is 11.8. The Hall–Kier alpha value is -0.330. The Balaban J connectivity index is 2.31. The zero-order valence-corrected chi connectivity index (χ0v) is 11.8. The van der Waals surface area contributed by atoms with E-state index in [0.29, 0.717) is 11.7 Å².